The van der Waals surface area contributed by atoms with Crippen molar-refractivity contribution in [1.82, 2.24) is 0 Å². The number of hydrogen-bond donors (Lipinski definition) is 5. The van der Waals surface area contributed by atoms with Crippen molar-refractivity contribution in [1.29, 1.82) is 0 Å². The third-order valence-corrected chi connectivity index (χ3v) is 4.53. The molecule has 9 heteroatoms. The van der Waals surface area contributed by atoms with Crippen molar-refractivity contribution < 1.29 is 28.7 Å². The highest BCUT2D eigenvalue weighted by Gasteiger charge is 2.46. The molecule has 0 saturated carbocycles. The van der Waals surface area contributed by atoms with Crippen LogP contribution in [0.2, 0.25) is 0 Å². The Labute approximate surface area is 75.3 Å². The Hall–Kier alpha value is 0.260. The summed E-state index contributed by atoms with van der Waals surface area (Å²) in [5.74, 6) is 0. The van der Waals surface area contributed by atoms with Crippen LogP contribution in [0, 0.1) is 0 Å². The van der Waals surface area contributed by atoms with Crippen LogP contribution < -0.4 is 5.73 Å². The summed E-state index contributed by atoms with van der Waals surface area (Å²) >= 11 is 0. The molecule has 0 amide bonds. The Bertz CT molecular complexity index is 268. The van der Waals surface area contributed by atoms with Gasteiger partial charge < -0.3 is 25.3 Å². The zero-order chi connectivity index (χ0) is 10.9. The molecule has 0 spiro atoms. The SMILES string of the molecule is CCC(N)(CP(=O)(O)O)P(=O)(O)O. The van der Waals surface area contributed by atoms with E-state index in [-0.39, 0.29) is 6.42 Å². The van der Waals surface area contributed by atoms with Crippen LogP contribution in [0.25, 0.3) is 0 Å². The highest BCUT2D eigenvalue weighted by atomic mass is 31.2. The summed E-state index contributed by atoms with van der Waals surface area (Å²) in [4.78, 5) is 34.6. The van der Waals surface area contributed by atoms with Crippen molar-refractivity contribution in [2.75, 3.05) is 6.16 Å². The van der Waals surface area contributed by atoms with Gasteiger partial charge in [-0.2, -0.15) is 0 Å². The minimum absolute atomic E-state index is 0.206. The molecule has 1 atom stereocenters. The van der Waals surface area contributed by atoms with E-state index >= 15 is 0 Å². The van der Waals surface area contributed by atoms with Gasteiger partial charge in [-0.15, -0.1) is 0 Å². The minimum atomic E-state index is -4.70. The third-order valence-electron chi connectivity index (χ3n) is 1.67. The number of rotatable bonds is 4. The zero-order valence-corrected chi connectivity index (χ0v) is 8.78. The Morgan fingerprint density at radius 1 is 1.23 bits per heavy atom. The first-order valence-corrected chi connectivity index (χ1v) is 6.82. The van der Waals surface area contributed by atoms with Gasteiger partial charge in [0.25, 0.3) is 0 Å². The molecule has 0 aliphatic rings. The number of nitrogens with two attached hydrogens (primary N) is 1. The fourth-order valence-corrected chi connectivity index (χ4v) is 3.41. The van der Waals surface area contributed by atoms with E-state index < -0.39 is 26.6 Å². The molecule has 0 aromatic rings. The van der Waals surface area contributed by atoms with Gasteiger partial charge in [-0.25, -0.2) is 0 Å². The molecule has 0 radical (unpaired) electrons. The van der Waals surface area contributed by atoms with Gasteiger partial charge in [0, 0.05) is 0 Å². The van der Waals surface area contributed by atoms with Gasteiger partial charge in [-0.1, -0.05) is 6.92 Å². The van der Waals surface area contributed by atoms with Crippen LogP contribution in [0.15, 0.2) is 0 Å². The van der Waals surface area contributed by atoms with Crippen LogP contribution in [0.1, 0.15) is 13.3 Å². The first-order chi connectivity index (χ1) is 5.52. The molecule has 0 bridgehead atoms. The maximum absolute atomic E-state index is 10.8. The fourth-order valence-electron chi connectivity index (χ4n) is 0.767. The molecule has 13 heavy (non-hydrogen) atoms. The number of hydrogen-bond acceptors (Lipinski definition) is 3. The van der Waals surface area contributed by atoms with E-state index in [0.29, 0.717) is 0 Å². The molecule has 0 saturated heterocycles. The van der Waals surface area contributed by atoms with E-state index in [9.17, 15) is 9.13 Å². The molecule has 1 unspecified atom stereocenters. The third kappa shape index (κ3) is 3.87. The average molecular weight is 233 g/mol. The zero-order valence-electron chi connectivity index (χ0n) is 6.99. The van der Waals surface area contributed by atoms with Crippen LogP contribution >= 0.6 is 15.2 Å². The molecule has 6 N–H and O–H groups in total. The predicted octanol–water partition coefficient (Wildman–Crippen LogP) is -0.593. The Kier molecular flexibility index (Phi) is 3.86. The molecule has 0 aliphatic heterocycles. The molecule has 0 fully saturated rings. The molecular formula is C4H13NO6P2. The van der Waals surface area contributed by atoms with Gasteiger partial charge in [-0.3, -0.25) is 9.13 Å². The first kappa shape index (κ1) is 13.3. The van der Waals surface area contributed by atoms with E-state index in [0.717, 1.165) is 0 Å². The summed E-state index contributed by atoms with van der Waals surface area (Å²) in [5, 5.41) is -2.13. The fraction of sp³-hybridized carbons (Fsp3) is 1.00. The maximum Gasteiger partial charge on any atom is 0.345 e. The van der Waals surface area contributed by atoms with E-state index in [2.05, 4.69) is 0 Å². The predicted molar refractivity (Wildman–Crippen MR) is 46.2 cm³/mol. The van der Waals surface area contributed by atoms with E-state index in [4.69, 9.17) is 25.3 Å². The minimum Gasteiger partial charge on any atom is -0.324 e. The Balaban J connectivity index is 4.89. The smallest absolute Gasteiger partial charge is 0.324 e. The largest absolute Gasteiger partial charge is 0.345 e. The Morgan fingerprint density at radius 2 is 1.62 bits per heavy atom. The molecule has 80 valence electrons. The van der Waals surface area contributed by atoms with E-state index in [1.807, 2.05) is 0 Å². The molecule has 0 aliphatic carbocycles. The highest BCUT2D eigenvalue weighted by Crippen LogP contribution is 2.55. The lowest BCUT2D eigenvalue weighted by atomic mass is 10.3. The van der Waals surface area contributed by atoms with Gasteiger partial charge in [0.1, 0.15) is 5.28 Å². The van der Waals surface area contributed by atoms with E-state index in [1.54, 1.807) is 0 Å². The van der Waals surface area contributed by atoms with Crippen molar-refractivity contribution in [3.8, 4) is 0 Å². The highest BCUT2D eigenvalue weighted by molar-refractivity contribution is 7.57. The lowest BCUT2D eigenvalue weighted by Gasteiger charge is -2.28. The Morgan fingerprint density at radius 3 is 1.69 bits per heavy atom. The lowest BCUT2D eigenvalue weighted by Crippen LogP contribution is -2.42. The molecular weight excluding hydrogens is 220 g/mol. The van der Waals surface area contributed by atoms with Crippen molar-refractivity contribution in [2.24, 2.45) is 5.73 Å². The summed E-state index contributed by atoms with van der Waals surface area (Å²) in [6.45, 7) is 1.36. The standard InChI is InChI=1S/C4H13NO6P2/c1-2-4(5,13(9,10)11)3-12(6,7)8/h2-3,5H2,1H3,(H2,6,7,8)(H2,9,10,11). The second-order valence-corrected chi connectivity index (χ2v) is 6.45. The molecule has 7 nitrogen and oxygen atoms in total. The average Bonchev–Trinajstić information content (AvgIpc) is 1.81. The van der Waals surface area contributed by atoms with Crippen molar-refractivity contribution in [3.63, 3.8) is 0 Å². The summed E-state index contributed by atoms with van der Waals surface area (Å²) in [6.07, 6.45) is -1.22. The van der Waals surface area contributed by atoms with Crippen LogP contribution in [0.5, 0.6) is 0 Å². The normalized spacial score (nSPS) is 18.3. The summed E-state index contributed by atoms with van der Waals surface area (Å²) in [6, 6.07) is 0. The van der Waals surface area contributed by atoms with Crippen LogP contribution in [-0.4, -0.2) is 31.0 Å². The van der Waals surface area contributed by atoms with Crippen molar-refractivity contribution >= 4 is 15.2 Å². The van der Waals surface area contributed by atoms with E-state index in [1.165, 1.54) is 6.92 Å². The summed E-state index contributed by atoms with van der Waals surface area (Å²) < 4.78 is 21.3. The summed E-state index contributed by atoms with van der Waals surface area (Å²) in [7, 11) is -9.22. The molecule has 0 aromatic heterocycles. The molecule has 0 aromatic carbocycles. The quantitative estimate of drug-likeness (QED) is 0.408. The molecule has 0 heterocycles. The van der Waals surface area contributed by atoms with Gasteiger partial charge in [0.05, 0.1) is 6.16 Å². The second kappa shape index (κ2) is 3.79. The first-order valence-electron chi connectivity index (χ1n) is 3.41. The van der Waals surface area contributed by atoms with Gasteiger partial charge >= 0.3 is 15.2 Å². The second-order valence-electron chi connectivity index (χ2n) is 2.82. The van der Waals surface area contributed by atoms with Crippen LogP contribution in [-0.2, 0) is 9.13 Å². The van der Waals surface area contributed by atoms with Crippen molar-refractivity contribution in [2.45, 2.75) is 18.6 Å². The van der Waals surface area contributed by atoms with Crippen LogP contribution in [0.4, 0.5) is 0 Å². The lowest BCUT2D eigenvalue weighted by molar-refractivity contribution is 0.313. The topological polar surface area (TPSA) is 141 Å². The van der Waals surface area contributed by atoms with Crippen molar-refractivity contribution in [3.05, 3.63) is 0 Å². The monoisotopic (exact) mass is 233 g/mol. The van der Waals surface area contributed by atoms with Gasteiger partial charge in [0.2, 0.25) is 0 Å². The maximum atomic E-state index is 10.8. The van der Waals surface area contributed by atoms with Crippen LogP contribution in [0.3, 0.4) is 0 Å². The van der Waals surface area contributed by atoms with Gasteiger partial charge in [0.15, 0.2) is 0 Å². The van der Waals surface area contributed by atoms with Gasteiger partial charge in [-0.05, 0) is 6.42 Å². The molecule has 0 rings (SSSR count). The summed E-state index contributed by atoms with van der Waals surface area (Å²) in [5.41, 5.74) is 5.21.